The summed E-state index contributed by atoms with van der Waals surface area (Å²) >= 11 is 0. The minimum absolute atomic E-state index is 0.0907. The SMILES string of the molecule is NC1COCC1C(=O)N1CCCC1C1CCCC1. The first kappa shape index (κ1) is 12.4. The Bertz CT molecular complexity index is 315. The van der Waals surface area contributed by atoms with Crippen LogP contribution in [0.3, 0.4) is 0 Å². The van der Waals surface area contributed by atoms with E-state index in [1.54, 1.807) is 0 Å². The first-order valence-corrected chi connectivity index (χ1v) is 7.41. The highest BCUT2D eigenvalue weighted by molar-refractivity contribution is 5.80. The highest BCUT2D eigenvalue weighted by Gasteiger charge is 2.41. The maximum Gasteiger partial charge on any atom is 0.229 e. The highest BCUT2D eigenvalue weighted by Crippen LogP contribution is 2.36. The van der Waals surface area contributed by atoms with Crippen LogP contribution < -0.4 is 5.73 Å². The van der Waals surface area contributed by atoms with Gasteiger partial charge in [0.2, 0.25) is 5.91 Å². The van der Waals surface area contributed by atoms with E-state index in [4.69, 9.17) is 10.5 Å². The van der Waals surface area contributed by atoms with E-state index in [0.717, 1.165) is 18.9 Å². The largest absolute Gasteiger partial charge is 0.379 e. The van der Waals surface area contributed by atoms with Crippen molar-refractivity contribution in [3.63, 3.8) is 0 Å². The third-order valence-electron chi connectivity index (χ3n) is 4.97. The fraction of sp³-hybridized carbons (Fsp3) is 0.929. The molecule has 1 aliphatic carbocycles. The molecule has 0 aromatic heterocycles. The fourth-order valence-corrected chi connectivity index (χ4v) is 3.94. The predicted molar refractivity (Wildman–Crippen MR) is 69.0 cm³/mol. The van der Waals surface area contributed by atoms with E-state index in [-0.39, 0.29) is 17.9 Å². The van der Waals surface area contributed by atoms with Crippen molar-refractivity contribution < 1.29 is 9.53 Å². The number of ether oxygens (including phenoxy) is 1. The molecule has 2 saturated heterocycles. The Morgan fingerprint density at radius 3 is 2.56 bits per heavy atom. The van der Waals surface area contributed by atoms with Crippen LogP contribution in [0.1, 0.15) is 38.5 Å². The van der Waals surface area contributed by atoms with Gasteiger partial charge in [-0.15, -0.1) is 0 Å². The van der Waals surface area contributed by atoms with Crippen molar-refractivity contribution in [1.82, 2.24) is 4.90 Å². The zero-order valence-corrected chi connectivity index (χ0v) is 11.0. The molecule has 18 heavy (non-hydrogen) atoms. The van der Waals surface area contributed by atoms with Gasteiger partial charge in [-0.1, -0.05) is 12.8 Å². The van der Waals surface area contributed by atoms with Crippen LogP contribution in [-0.4, -0.2) is 42.6 Å². The van der Waals surface area contributed by atoms with Gasteiger partial charge in [0, 0.05) is 18.6 Å². The Kier molecular flexibility index (Phi) is 3.57. The number of nitrogens with two attached hydrogens (primary N) is 1. The number of amides is 1. The van der Waals surface area contributed by atoms with Gasteiger partial charge in [-0.2, -0.15) is 0 Å². The Hall–Kier alpha value is -0.610. The van der Waals surface area contributed by atoms with E-state index < -0.39 is 0 Å². The van der Waals surface area contributed by atoms with Crippen LogP contribution in [0.5, 0.6) is 0 Å². The lowest BCUT2D eigenvalue weighted by molar-refractivity contribution is -0.137. The first-order chi connectivity index (χ1) is 8.77. The summed E-state index contributed by atoms with van der Waals surface area (Å²) in [6.45, 7) is 2.00. The van der Waals surface area contributed by atoms with Crippen molar-refractivity contribution in [2.24, 2.45) is 17.6 Å². The molecule has 0 aromatic carbocycles. The smallest absolute Gasteiger partial charge is 0.229 e. The second kappa shape index (κ2) is 5.17. The molecule has 0 spiro atoms. The van der Waals surface area contributed by atoms with Gasteiger partial charge >= 0.3 is 0 Å². The normalized spacial score (nSPS) is 37.6. The molecule has 2 N–H and O–H groups in total. The summed E-state index contributed by atoms with van der Waals surface area (Å²) in [7, 11) is 0. The van der Waals surface area contributed by atoms with Gasteiger partial charge in [0.15, 0.2) is 0 Å². The number of likely N-dealkylation sites (tertiary alicyclic amines) is 1. The molecular weight excluding hydrogens is 228 g/mol. The zero-order valence-electron chi connectivity index (χ0n) is 11.0. The quantitative estimate of drug-likeness (QED) is 0.802. The van der Waals surface area contributed by atoms with Crippen molar-refractivity contribution in [1.29, 1.82) is 0 Å². The number of rotatable bonds is 2. The lowest BCUT2D eigenvalue weighted by Crippen LogP contribution is -2.47. The van der Waals surface area contributed by atoms with Gasteiger partial charge in [-0.3, -0.25) is 4.79 Å². The molecule has 0 bridgehead atoms. The topological polar surface area (TPSA) is 55.6 Å². The van der Waals surface area contributed by atoms with Gasteiger partial charge in [0.25, 0.3) is 0 Å². The Labute approximate surface area is 109 Å². The molecule has 0 radical (unpaired) electrons. The maximum atomic E-state index is 12.6. The van der Waals surface area contributed by atoms with Crippen LogP contribution >= 0.6 is 0 Å². The van der Waals surface area contributed by atoms with Gasteiger partial charge in [0.05, 0.1) is 19.1 Å². The number of carbonyl (C=O) groups excluding carboxylic acids is 1. The summed E-state index contributed by atoms with van der Waals surface area (Å²) in [6, 6.07) is 0.398. The van der Waals surface area contributed by atoms with Crippen LogP contribution in [0, 0.1) is 11.8 Å². The molecule has 3 atom stereocenters. The molecule has 4 heteroatoms. The lowest BCUT2D eigenvalue weighted by Gasteiger charge is -2.32. The minimum atomic E-state index is -0.0951. The Morgan fingerprint density at radius 1 is 1.11 bits per heavy atom. The molecule has 3 fully saturated rings. The molecule has 1 amide bonds. The van der Waals surface area contributed by atoms with E-state index in [1.807, 2.05) is 0 Å². The van der Waals surface area contributed by atoms with Crippen LogP contribution in [0.25, 0.3) is 0 Å². The van der Waals surface area contributed by atoms with Crippen molar-refractivity contribution in [2.75, 3.05) is 19.8 Å². The van der Waals surface area contributed by atoms with Crippen molar-refractivity contribution in [3.05, 3.63) is 0 Å². The van der Waals surface area contributed by atoms with Gasteiger partial charge in [-0.25, -0.2) is 0 Å². The highest BCUT2D eigenvalue weighted by atomic mass is 16.5. The van der Waals surface area contributed by atoms with Crippen LogP contribution in [0.2, 0.25) is 0 Å². The second-order valence-corrected chi connectivity index (χ2v) is 6.09. The molecule has 102 valence electrons. The van der Waals surface area contributed by atoms with Crippen molar-refractivity contribution in [3.8, 4) is 0 Å². The standard InChI is InChI=1S/C14H24N2O2/c15-12-9-18-8-11(12)14(17)16-7-3-6-13(16)10-4-1-2-5-10/h10-13H,1-9,15H2. The van der Waals surface area contributed by atoms with Crippen LogP contribution in [0.15, 0.2) is 0 Å². The van der Waals surface area contributed by atoms with E-state index >= 15 is 0 Å². The number of hydrogen-bond donors (Lipinski definition) is 1. The second-order valence-electron chi connectivity index (χ2n) is 6.09. The van der Waals surface area contributed by atoms with E-state index in [1.165, 1.54) is 32.1 Å². The predicted octanol–water partition coefficient (Wildman–Crippen LogP) is 1.14. The average Bonchev–Trinajstić information content (AvgIpc) is 3.09. The maximum absolute atomic E-state index is 12.6. The molecule has 3 unspecified atom stereocenters. The van der Waals surface area contributed by atoms with Crippen LogP contribution in [0.4, 0.5) is 0 Å². The Morgan fingerprint density at radius 2 is 1.89 bits per heavy atom. The molecule has 0 aromatic rings. The summed E-state index contributed by atoms with van der Waals surface area (Å²) in [5.74, 6) is 0.913. The molecule has 3 rings (SSSR count). The summed E-state index contributed by atoms with van der Waals surface area (Å²) in [4.78, 5) is 14.7. The molecular formula is C14H24N2O2. The fourth-order valence-electron chi connectivity index (χ4n) is 3.94. The minimum Gasteiger partial charge on any atom is -0.379 e. The third kappa shape index (κ3) is 2.16. The summed E-state index contributed by atoms with van der Waals surface area (Å²) < 4.78 is 5.34. The van der Waals surface area contributed by atoms with Crippen molar-refractivity contribution >= 4 is 5.91 Å². The monoisotopic (exact) mass is 252 g/mol. The number of carbonyl (C=O) groups is 1. The summed E-state index contributed by atoms with van der Waals surface area (Å²) in [5.41, 5.74) is 5.97. The molecule has 3 aliphatic rings. The third-order valence-corrected chi connectivity index (χ3v) is 4.97. The number of hydrogen-bond acceptors (Lipinski definition) is 3. The van der Waals surface area contributed by atoms with Gasteiger partial charge in [0.1, 0.15) is 0 Å². The van der Waals surface area contributed by atoms with E-state index in [2.05, 4.69) is 4.90 Å². The zero-order chi connectivity index (χ0) is 12.5. The van der Waals surface area contributed by atoms with Crippen LogP contribution in [-0.2, 0) is 9.53 Å². The molecule has 2 heterocycles. The summed E-state index contributed by atoms with van der Waals surface area (Å²) in [5, 5.41) is 0. The van der Waals surface area contributed by atoms with Gasteiger partial charge in [-0.05, 0) is 31.6 Å². The van der Waals surface area contributed by atoms with E-state index in [9.17, 15) is 4.79 Å². The first-order valence-electron chi connectivity index (χ1n) is 7.41. The van der Waals surface area contributed by atoms with Gasteiger partial charge < -0.3 is 15.4 Å². The van der Waals surface area contributed by atoms with E-state index in [0.29, 0.717) is 19.3 Å². The lowest BCUT2D eigenvalue weighted by atomic mass is 9.94. The molecule has 2 aliphatic heterocycles. The van der Waals surface area contributed by atoms with Crippen molar-refractivity contribution in [2.45, 2.75) is 50.6 Å². The average molecular weight is 252 g/mol. The molecule has 4 nitrogen and oxygen atoms in total. The summed E-state index contributed by atoms with van der Waals surface area (Å²) in [6.07, 6.45) is 7.66. The Balaban J connectivity index is 1.68. The number of nitrogens with zero attached hydrogens (tertiary/aromatic N) is 1. The molecule has 1 saturated carbocycles.